The molecule has 0 spiro atoms. The Labute approximate surface area is 146 Å². The molecule has 1 N–H and O–H groups in total. The third kappa shape index (κ3) is 2.94. The molecule has 1 aromatic carbocycles. The Hall–Kier alpha value is -2.93. The molecular weight excluding hydrogens is 347 g/mol. The second kappa shape index (κ2) is 6.18. The first-order valence-electron chi connectivity index (χ1n) is 7.43. The second-order valence-corrected chi connectivity index (χ2v) is 5.75. The fraction of sp³-hybridized carbons (Fsp3) is 0.118. The lowest BCUT2D eigenvalue weighted by molar-refractivity contribution is 0.396. The fourth-order valence-corrected chi connectivity index (χ4v) is 2.82. The number of H-pyrrole nitrogens is 1. The summed E-state index contributed by atoms with van der Waals surface area (Å²) < 4.78 is 23.8. The van der Waals surface area contributed by atoms with Crippen LogP contribution in [0, 0.1) is 5.82 Å². The Morgan fingerprint density at radius 2 is 2.12 bits per heavy atom. The van der Waals surface area contributed by atoms with Crippen LogP contribution in [-0.4, -0.2) is 27.2 Å². The predicted octanol–water partition coefficient (Wildman–Crippen LogP) is 4.00. The van der Waals surface area contributed by atoms with Crippen molar-refractivity contribution in [2.45, 2.75) is 6.42 Å². The van der Waals surface area contributed by atoms with E-state index in [1.54, 1.807) is 19.2 Å². The number of ether oxygens (including phenoxy) is 1. The predicted molar refractivity (Wildman–Crippen MR) is 90.2 cm³/mol. The summed E-state index contributed by atoms with van der Waals surface area (Å²) in [5.74, 6) is 0.841. The maximum absolute atomic E-state index is 13.4. The van der Waals surface area contributed by atoms with Gasteiger partial charge in [-0.25, -0.2) is 9.37 Å². The van der Waals surface area contributed by atoms with Crippen LogP contribution in [0.2, 0.25) is 5.02 Å². The first kappa shape index (κ1) is 15.6. The fourth-order valence-electron chi connectivity index (χ4n) is 2.54. The number of methoxy groups -OCH3 is 1. The van der Waals surface area contributed by atoms with Gasteiger partial charge in [-0.05, 0) is 24.3 Å². The normalized spacial score (nSPS) is 11.2. The molecule has 0 aliphatic carbocycles. The third-order valence-electron chi connectivity index (χ3n) is 3.71. The molecular formula is C17H12ClFN4O2. The van der Waals surface area contributed by atoms with Crippen LogP contribution in [-0.2, 0) is 6.42 Å². The summed E-state index contributed by atoms with van der Waals surface area (Å²) in [6.07, 6.45) is 0.382. The highest BCUT2D eigenvalue weighted by Gasteiger charge is 2.18. The summed E-state index contributed by atoms with van der Waals surface area (Å²) in [7, 11) is 1.55. The number of fused-ring (bicyclic) bond motifs is 1. The van der Waals surface area contributed by atoms with Gasteiger partial charge < -0.3 is 14.2 Å². The summed E-state index contributed by atoms with van der Waals surface area (Å²) >= 11 is 6.32. The number of benzene rings is 1. The Morgan fingerprint density at radius 3 is 2.96 bits per heavy atom. The molecule has 6 nitrogen and oxygen atoms in total. The SMILES string of the molecule is COc1cccc(Cc2noc(-c3[nH]c4ccc(F)cc4c3Cl)n2)n1. The Kier molecular flexibility index (Phi) is 3.85. The van der Waals surface area contributed by atoms with Gasteiger partial charge in [0.05, 0.1) is 24.2 Å². The summed E-state index contributed by atoms with van der Waals surface area (Å²) in [6, 6.07) is 9.76. The van der Waals surface area contributed by atoms with Crippen molar-refractivity contribution in [3.8, 4) is 17.5 Å². The van der Waals surface area contributed by atoms with Gasteiger partial charge in [0.1, 0.15) is 11.5 Å². The van der Waals surface area contributed by atoms with Gasteiger partial charge in [-0.3, -0.25) is 0 Å². The van der Waals surface area contributed by atoms with E-state index in [-0.39, 0.29) is 11.7 Å². The number of rotatable bonds is 4. The Balaban J connectivity index is 1.66. The van der Waals surface area contributed by atoms with Gasteiger partial charge in [-0.15, -0.1) is 0 Å². The van der Waals surface area contributed by atoms with Crippen molar-refractivity contribution in [3.05, 3.63) is 58.8 Å². The van der Waals surface area contributed by atoms with E-state index >= 15 is 0 Å². The molecule has 0 atom stereocenters. The minimum atomic E-state index is -0.365. The molecule has 3 aromatic heterocycles. The van der Waals surface area contributed by atoms with E-state index in [1.807, 2.05) is 12.1 Å². The van der Waals surface area contributed by atoms with E-state index in [1.165, 1.54) is 12.1 Å². The molecule has 0 radical (unpaired) electrons. The number of halogens is 2. The molecule has 126 valence electrons. The zero-order valence-corrected chi connectivity index (χ0v) is 13.8. The van der Waals surface area contributed by atoms with E-state index in [9.17, 15) is 4.39 Å². The van der Waals surface area contributed by atoms with E-state index in [4.69, 9.17) is 20.9 Å². The topological polar surface area (TPSA) is 76.8 Å². The van der Waals surface area contributed by atoms with Gasteiger partial charge in [0.2, 0.25) is 5.88 Å². The van der Waals surface area contributed by atoms with Crippen LogP contribution >= 0.6 is 11.6 Å². The van der Waals surface area contributed by atoms with Crippen LogP contribution in [0.3, 0.4) is 0 Å². The summed E-state index contributed by atoms with van der Waals surface area (Å²) in [5.41, 5.74) is 1.90. The molecule has 4 aromatic rings. The molecule has 0 saturated heterocycles. The van der Waals surface area contributed by atoms with Crippen LogP contribution in [0.4, 0.5) is 4.39 Å². The minimum Gasteiger partial charge on any atom is -0.481 e. The van der Waals surface area contributed by atoms with E-state index in [0.29, 0.717) is 39.7 Å². The number of nitrogens with one attached hydrogen (secondary N) is 1. The number of aromatic amines is 1. The lowest BCUT2D eigenvalue weighted by Crippen LogP contribution is -1.96. The van der Waals surface area contributed by atoms with Gasteiger partial charge in [0.25, 0.3) is 5.89 Å². The number of pyridine rings is 1. The van der Waals surface area contributed by atoms with Gasteiger partial charge in [0, 0.05) is 17.0 Å². The molecule has 0 saturated carbocycles. The van der Waals surface area contributed by atoms with E-state index in [2.05, 4.69) is 20.1 Å². The molecule has 0 amide bonds. The highest BCUT2D eigenvalue weighted by atomic mass is 35.5. The average Bonchev–Trinajstić information content (AvgIpc) is 3.20. The van der Waals surface area contributed by atoms with Crippen LogP contribution in [0.25, 0.3) is 22.5 Å². The molecule has 0 fully saturated rings. The first-order valence-corrected chi connectivity index (χ1v) is 7.81. The average molecular weight is 359 g/mol. The molecule has 4 rings (SSSR count). The number of hydrogen-bond donors (Lipinski definition) is 1. The van der Waals surface area contributed by atoms with Crippen LogP contribution in [0.1, 0.15) is 11.5 Å². The van der Waals surface area contributed by atoms with Crippen molar-refractivity contribution in [1.82, 2.24) is 20.1 Å². The second-order valence-electron chi connectivity index (χ2n) is 5.37. The molecule has 3 heterocycles. The summed E-state index contributed by atoms with van der Waals surface area (Å²) in [6.45, 7) is 0. The summed E-state index contributed by atoms with van der Waals surface area (Å²) in [5, 5.41) is 4.85. The lowest BCUT2D eigenvalue weighted by Gasteiger charge is -2.00. The Bertz CT molecular complexity index is 1060. The van der Waals surface area contributed by atoms with Crippen molar-refractivity contribution in [1.29, 1.82) is 0 Å². The third-order valence-corrected chi connectivity index (χ3v) is 4.10. The lowest BCUT2D eigenvalue weighted by atomic mass is 10.2. The van der Waals surface area contributed by atoms with Gasteiger partial charge in [0.15, 0.2) is 5.82 Å². The molecule has 8 heteroatoms. The minimum absolute atomic E-state index is 0.236. The molecule has 0 aliphatic rings. The zero-order chi connectivity index (χ0) is 17.4. The zero-order valence-electron chi connectivity index (χ0n) is 13.1. The maximum Gasteiger partial charge on any atom is 0.275 e. The van der Waals surface area contributed by atoms with E-state index < -0.39 is 0 Å². The van der Waals surface area contributed by atoms with Crippen LogP contribution in [0.5, 0.6) is 5.88 Å². The van der Waals surface area contributed by atoms with Crippen molar-refractivity contribution < 1.29 is 13.7 Å². The number of hydrogen-bond acceptors (Lipinski definition) is 5. The Morgan fingerprint density at radius 1 is 1.24 bits per heavy atom. The van der Waals surface area contributed by atoms with Crippen molar-refractivity contribution in [2.75, 3.05) is 7.11 Å². The molecule has 0 bridgehead atoms. The summed E-state index contributed by atoms with van der Waals surface area (Å²) in [4.78, 5) is 11.7. The van der Waals surface area contributed by atoms with Crippen molar-refractivity contribution in [3.63, 3.8) is 0 Å². The number of aromatic nitrogens is 4. The van der Waals surface area contributed by atoms with Gasteiger partial charge in [-0.2, -0.15) is 4.98 Å². The highest BCUT2D eigenvalue weighted by molar-refractivity contribution is 6.38. The molecule has 0 unspecified atom stereocenters. The largest absolute Gasteiger partial charge is 0.481 e. The molecule has 25 heavy (non-hydrogen) atoms. The van der Waals surface area contributed by atoms with Crippen LogP contribution in [0.15, 0.2) is 40.9 Å². The van der Waals surface area contributed by atoms with Crippen molar-refractivity contribution in [2.24, 2.45) is 0 Å². The first-order chi connectivity index (χ1) is 12.1. The highest BCUT2D eigenvalue weighted by Crippen LogP contribution is 2.34. The van der Waals surface area contributed by atoms with Gasteiger partial charge in [-0.1, -0.05) is 22.8 Å². The van der Waals surface area contributed by atoms with Crippen LogP contribution < -0.4 is 4.74 Å². The monoisotopic (exact) mass is 358 g/mol. The smallest absolute Gasteiger partial charge is 0.275 e. The number of nitrogens with zero attached hydrogens (tertiary/aromatic N) is 3. The standard InChI is InChI=1S/C17H12ClFN4O2/c1-24-14-4-2-3-10(20-14)8-13-22-17(25-23-13)16-15(18)11-7-9(19)5-6-12(11)21-16/h2-7,21H,8H2,1H3. The maximum atomic E-state index is 13.4. The molecule has 0 aliphatic heterocycles. The quantitative estimate of drug-likeness (QED) is 0.596. The van der Waals surface area contributed by atoms with Crippen molar-refractivity contribution >= 4 is 22.5 Å². The van der Waals surface area contributed by atoms with Gasteiger partial charge >= 0.3 is 0 Å². The van der Waals surface area contributed by atoms with E-state index in [0.717, 1.165) is 5.69 Å².